The Morgan fingerprint density at radius 1 is 0.960 bits per heavy atom. The minimum Gasteiger partial charge on any atom is -0.326 e. The predicted molar refractivity (Wildman–Crippen MR) is 90.6 cm³/mol. The van der Waals surface area contributed by atoms with E-state index < -0.39 is 11.7 Å². The van der Waals surface area contributed by atoms with Gasteiger partial charge in [0.15, 0.2) is 0 Å². The summed E-state index contributed by atoms with van der Waals surface area (Å²) in [7, 11) is 0. The molecule has 4 nitrogen and oxygen atoms in total. The van der Waals surface area contributed by atoms with E-state index in [9.17, 15) is 18.4 Å². The second-order valence-electron chi connectivity index (χ2n) is 5.53. The van der Waals surface area contributed by atoms with Gasteiger partial charge >= 0.3 is 0 Å². The Bertz CT molecular complexity index is 966. The van der Waals surface area contributed by atoms with Crippen LogP contribution in [0.3, 0.4) is 0 Å². The van der Waals surface area contributed by atoms with Crippen molar-refractivity contribution in [3.8, 4) is 0 Å². The number of aromatic nitrogens is 1. The number of halogens is 2. The minimum absolute atomic E-state index is 0.272. The highest BCUT2D eigenvalue weighted by atomic mass is 19.1. The molecule has 0 atom stereocenters. The standard InChI is InChI=1S/C19H14F2N2O2/c20-14-6-4-13(5-7-14)19(25)23-17-10-16(22-18(24)11-17)9-12-2-1-3-15(21)8-12/h1-8,10-11H,9H2,(H2,22,23,24,25). The van der Waals surface area contributed by atoms with E-state index in [4.69, 9.17) is 0 Å². The second-order valence-corrected chi connectivity index (χ2v) is 5.53. The van der Waals surface area contributed by atoms with Crippen molar-refractivity contribution in [3.63, 3.8) is 0 Å². The topological polar surface area (TPSA) is 62.0 Å². The lowest BCUT2D eigenvalue weighted by Gasteiger charge is -2.08. The van der Waals surface area contributed by atoms with Gasteiger partial charge in [0.25, 0.3) is 5.91 Å². The third-order valence-electron chi connectivity index (χ3n) is 3.55. The number of amides is 1. The molecular formula is C19H14F2N2O2. The maximum atomic E-state index is 13.3. The molecule has 0 spiro atoms. The fourth-order valence-electron chi connectivity index (χ4n) is 2.44. The molecule has 1 amide bonds. The van der Waals surface area contributed by atoms with Crippen molar-refractivity contribution in [1.29, 1.82) is 0 Å². The molecule has 0 saturated carbocycles. The molecule has 0 aliphatic rings. The summed E-state index contributed by atoms with van der Waals surface area (Å²) in [6, 6.07) is 14.0. The largest absolute Gasteiger partial charge is 0.326 e. The first-order valence-corrected chi connectivity index (χ1v) is 7.54. The maximum absolute atomic E-state index is 13.3. The van der Waals surface area contributed by atoms with Gasteiger partial charge in [0, 0.05) is 29.4 Å². The number of aromatic amines is 1. The highest BCUT2D eigenvalue weighted by Gasteiger charge is 2.08. The summed E-state index contributed by atoms with van der Waals surface area (Å²) >= 11 is 0. The van der Waals surface area contributed by atoms with Crippen LogP contribution in [0.15, 0.2) is 65.5 Å². The fourth-order valence-corrected chi connectivity index (χ4v) is 2.44. The average molecular weight is 340 g/mol. The first kappa shape index (κ1) is 16.6. The summed E-state index contributed by atoms with van der Waals surface area (Å²) in [5, 5.41) is 2.60. The smallest absolute Gasteiger partial charge is 0.255 e. The van der Waals surface area contributed by atoms with Gasteiger partial charge in [-0.25, -0.2) is 8.78 Å². The first-order valence-electron chi connectivity index (χ1n) is 7.54. The van der Waals surface area contributed by atoms with Crippen molar-refractivity contribution >= 4 is 11.6 Å². The number of rotatable bonds is 4. The molecule has 2 N–H and O–H groups in total. The van der Waals surface area contributed by atoms with Crippen molar-refractivity contribution in [2.45, 2.75) is 6.42 Å². The van der Waals surface area contributed by atoms with Gasteiger partial charge in [-0.2, -0.15) is 0 Å². The Balaban J connectivity index is 1.80. The van der Waals surface area contributed by atoms with Gasteiger partial charge in [0.1, 0.15) is 11.6 Å². The van der Waals surface area contributed by atoms with Crippen molar-refractivity contribution in [1.82, 2.24) is 4.98 Å². The molecule has 1 heterocycles. The van der Waals surface area contributed by atoms with Crippen LogP contribution in [-0.2, 0) is 6.42 Å². The number of H-pyrrole nitrogens is 1. The zero-order valence-electron chi connectivity index (χ0n) is 13.1. The van der Waals surface area contributed by atoms with Crippen LogP contribution in [0.25, 0.3) is 0 Å². The van der Waals surface area contributed by atoms with E-state index in [0.717, 1.165) is 0 Å². The number of nitrogens with one attached hydrogen (secondary N) is 2. The van der Waals surface area contributed by atoms with Crippen LogP contribution in [0.5, 0.6) is 0 Å². The van der Waals surface area contributed by atoms with Crippen LogP contribution in [-0.4, -0.2) is 10.9 Å². The lowest BCUT2D eigenvalue weighted by molar-refractivity contribution is 0.102. The molecule has 0 fully saturated rings. The average Bonchev–Trinajstić information content (AvgIpc) is 2.54. The fraction of sp³-hybridized carbons (Fsp3) is 0.0526. The molecule has 0 saturated heterocycles. The lowest BCUT2D eigenvalue weighted by atomic mass is 10.1. The number of carbonyl (C=O) groups excluding carboxylic acids is 1. The zero-order valence-corrected chi connectivity index (χ0v) is 13.1. The van der Waals surface area contributed by atoms with Crippen LogP contribution in [0, 0.1) is 11.6 Å². The summed E-state index contributed by atoms with van der Waals surface area (Å²) in [5.41, 5.74) is 1.42. The van der Waals surface area contributed by atoms with Crippen molar-refractivity contribution < 1.29 is 13.6 Å². The number of anilines is 1. The van der Waals surface area contributed by atoms with E-state index >= 15 is 0 Å². The lowest BCUT2D eigenvalue weighted by Crippen LogP contribution is -2.16. The Hall–Kier alpha value is -3.28. The Kier molecular flexibility index (Phi) is 4.70. The molecule has 0 radical (unpaired) electrons. The van der Waals surface area contributed by atoms with Crippen LogP contribution >= 0.6 is 0 Å². The quantitative estimate of drug-likeness (QED) is 0.764. The van der Waals surface area contributed by atoms with Gasteiger partial charge in [0.2, 0.25) is 5.56 Å². The first-order chi connectivity index (χ1) is 12.0. The van der Waals surface area contributed by atoms with Gasteiger partial charge in [-0.3, -0.25) is 9.59 Å². The molecular weight excluding hydrogens is 326 g/mol. The van der Waals surface area contributed by atoms with Crippen LogP contribution in [0.2, 0.25) is 0 Å². The van der Waals surface area contributed by atoms with E-state index in [1.165, 1.54) is 42.5 Å². The van der Waals surface area contributed by atoms with Crippen LogP contribution in [0.1, 0.15) is 21.6 Å². The highest BCUT2D eigenvalue weighted by Crippen LogP contribution is 2.13. The van der Waals surface area contributed by atoms with E-state index in [2.05, 4.69) is 10.3 Å². The number of hydrogen-bond donors (Lipinski definition) is 2. The third-order valence-corrected chi connectivity index (χ3v) is 3.55. The molecule has 0 aliphatic heterocycles. The maximum Gasteiger partial charge on any atom is 0.255 e. The van der Waals surface area contributed by atoms with E-state index in [-0.39, 0.29) is 16.9 Å². The van der Waals surface area contributed by atoms with Crippen LogP contribution < -0.4 is 10.9 Å². The zero-order chi connectivity index (χ0) is 17.8. The summed E-state index contributed by atoms with van der Waals surface area (Å²) in [5.74, 6) is -1.26. The Morgan fingerprint density at radius 2 is 1.72 bits per heavy atom. The van der Waals surface area contributed by atoms with Crippen molar-refractivity contribution in [2.75, 3.05) is 5.32 Å². The molecule has 1 aromatic heterocycles. The number of carbonyl (C=O) groups is 1. The minimum atomic E-state index is -0.456. The van der Waals surface area contributed by atoms with Crippen LogP contribution in [0.4, 0.5) is 14.5 Å². The monoisotopic (exact) mass is 340 g/mol. The predicted octanol–water partition coefficient (Wildman–Crippen LogP) is 3.50. The number of pyridine rings is 1. The van der Waals surface area contributed by atoms with Gasteiger partial charge in [-0.05, 0) is 48.0 Å². The summed E-state index contributed by atoms with van der Waals surface area (Å²) in [4.78, 5) is 26.6. The third kappa shape index (κ3) is 4.38. The molecule has 126 valence electrons. The van der Waals surface area contributed by atoms with E-state index in [1.54, 1.807) is 18.2 Å². The normalized spacial score (nSPS) is 10.5. The SMILES string of the molecule is O=C(Nc1cc(Cc2cccc(F)c2)[nH]c(=O)c1)c1ccc(F)cc1. The summed E-state index contributed by atoms with van der Waals surface area (Å²) < 4.78 is 26.2. The molecule has 2 aromatic carbocycles. The second kappa shape index (κ2) is 7.09. The summed E-state index contributed by atoms with van der Waals surface area (Å²) in [6.45, 7) is 0. The highest BCUT2D eigenvalue weighted by molar-refractivity contribution is 6.04. The Labute approximate surface area is 142 Å². The van der Waals surface area contributed by atoms with Gasteiger partial charge < -0.3 is 10.3 Å². The molecule has 3 aromatic rings. The van der Waals surface area contributed by atoms with Gasteiger partial charge in [-0.1, -0.05) is 12.1 Å². The van der Waals surface area contributed by atoms with Crippen molar-refractivity contribution in [3.05, 3.63) is 99.5 Å². The van der Waals surface area contributed by atoms with Crippen molar-refractivity contribution in [2.24, 2.45) is 0 Å². The Morgan fingerprint density at radius 3 is 2.44 bits per heavy atom. The van der Waals surface area contributed by atoms with Gasteiger partial charge in [0.05, 0.1) is 0 Å². The number of hydrogen-bond acceptors (Lipinski definition) is 2. The molecule has 6 heteroatoms. The molecule has 0 aliphatic carbocycles. The molecule has 25 heavy (non-hydrogen) atoms. The molecule has 3 rings (SSSR count). The van der Waals surface area contributed by atoms with E-state index in [0.29, 0.717) is 23.4 Å². The number of benzene rings is 2. The molecule has 0 unspecified atom stereocenters. The molecule has 0 bridgehead atoms. The summed E-state index contributed by atoms with van der Waals surface area (Å²) in [6.07, 6.45) is 0.313. The van der Waals surface area contributed by atoms with E-state index in [1.807, 2.05) is 0 Å². The van der Waals surface area contributed by atoms with Gasteiger partial charge in [-0.15, -0.1) is 0 Å².